The molecule has 0 amide bonds. The Bertz CT molecular complexity index is 430. The summed E-state index contributed by atoms with van der Waals surface area (Å²) in [5.41, 5.74) is 1.32. The molecule has 0 heterocycles. The molecular formula is C17H29N3O2. The molecule has 0 aromatic heterocycles. The molecule has 0 saturated heterocycles. The molecule has 124 valence electrons. The first kappa shape index (κ1) is 18.3. The van der Waals surface area contributed by atoms with Gasteiger partial charge in [0.15, 0.2) is 5.96 Å². The fourth-order valence-electron chi connectivity index (χ4n) is 1.88. The van der Waals surface area contributed by atoms with Crippen LogP contribution in [0.25, 0.3) is 0 Å². The first-order valence-corrected chi connectivity index (χ1v) is 7.91. The summed E-state index contributed by atoms with van der Waals surface area (Å²) in [6.07, 6.45) is 0. The lowest BCUT2D eigenvalue weighted by molar-refractivity contribution is 0.208. The largest absolute Gasteiger partial charge is 0.492 e. The summed E-state index contributed by atoms with van der Waals surface area (Å²) in [6, 6.07) is 8.27. The molecule has 1 aromatic rings. The van der Waals surface area contributed by atoms with Crippen molar-refractivity contribution in [2.45, 2.75) is 26.7 Å². The van der Waals surface area contributed by atoms with Crippen LogP contribution in [-0.4, -0.2) is 45.9 Å². The molecule has 0 spiro atoms. The number of ether oxygens (including phenoxy) is 2. The Morgan fingerprint density at radius 3 is 2.45 bits per heavy atom. The summed E-state index contributed by atoms with van der Waals surface area (Å²) >= 11 is 0. The Hall–Kier alpha value is -1.75. The molecule has 0 bridgehead atoms. The Morgan fingerprint density at radius 2 is 1.86 bits per heavy atom. The van der Waals surface area contributed by atoms with E-state index in [0.29, 0.717) is 32.2 Å². The second-order valence-electron chi connectivity index (χ2n) is 5.25. The van der Waals surface area contributed by atoms with Gasteiger partial charge in [-0.2, -0.15) is 0 Å². The van der Waals surface area contributed by atoms with E-state index in [1.165, 1.54) is 5.56 Å². The molecule has 5 nitrogen and oxygen atoms in total. The van der Waals surface area contributed by atoms with Crippen LogP contribution in [0.3, 0.4) is 0 Å². The van der Waals surface area contributed by atoms with Crippen molar-refractivity contribution in [1.82, 2.24) is 10.6 Å². The van der Waals surface area contributed by atoms with E-state index in [9.17, 15) is 0 Å². The molecule has 1 rings (SSSR count). The smallest absolute Gasteiger partial charge is 0.191 e. The number of guanidine groups is 1. The third-order valence-electron chi connectivity index (χ3n) is 3.12. The highest BCUT2D eigenvalue weighted by molar-refractivity contribution is 5.79. The Morgan fingerprint density at radius 1 is 1.14 bits per heavy atom. The maximum Gasteiger partial charge on any atom is 0.191 e. The monoisotopic (exact) mass is 307 g/mol. The molecule has 5 heteroatoms. The van der Waals surface area contributed by atoms with Crippen LogP contribution >= 0.6 is 0 Å². The van der Waals surface area contributed by atoms with Crippen molar-refractivity contribution in [3.05, 3.63) is 29.8 Å². The van der Waals surface area contributed by atoms with Crippen molar-refractivity contribution in [2.24, 2.45) is 4.99 Å². The van der Waals surface area contributed by atoms with Crippen LogP contribution in [0.1, 0.15) is 32.3 Å². The van der Waals surface area contributed by atoms with Gasteiger partial charge in [-0.15, -0.1) is 0 Å². The zero-order chi connectivity index (χ0) is 16.2. The van der Waals surface area contributed by atoms with Crippen molar-refractivity contribution in [3.8, 4) is 5.75 Å². The highest BCUT2D eigenvalue weighted by atomic mass is 16.5. The van der Waals surface area contributed by atoms with Crippen LogP contribution in [-0.2, 0) is 4.74 Å². The average molecular weight is 307 g/mol. The number of nitrogens with zero attached hydrogens (tertiary/aromatic N) is 1. The molecule has 1 aromatic carbocycles. The summed E-state index contributed by atoms with van der Waals surface area (Å²) in [5.74, 6) is 2.23. The third kappa shape index (κ3) is 7.31. The van der Waals surface area contributed by atoms with E-state index in [0.717, 1.165) is 18.3 Å². The van der Waals surface area contributed by atoms with Gasteiger partial charge in [-0.1, -0.05) is 26.0 Å². The molecule has 22 heavy (non-hydrogen) atoms. The third-order valence-corrected chi connectivity index (χ3v) is 3.12. The number of nitrogens with one attached hydrogen (secondary N) is 2. The maximum atomic E-state index is 5.72. The minimum absolute atomic E-state index is 0.543. The Balaban J connectivity index is 2.31. The van der Waals surface area contributed by atoms with Crippen molar-refractivity contribution < 1.29 is 9.47 Å². The van der Waals surface area contributed by atoms with Gasteiger partial charge in [0.1, 0.15) is 12.4 Å². The number of benzene rings is 1. The molecular weight excluding hydrogens is 278 g/mol. The highest BCUT2D eigenvalue weighted by Gasteiger charge is 2.00. The van der Waals surface area contributed by atoms with Crippen molar-refractivity contribution >= 4 is 5.96 Å². The van der Waals surface area contributed by atoms with E-state index in [1.54, 1.807) is 7.11 Å². The quantitative estimate of drug-likeness (QED) is 0.418. The van der Waals surface area contributed by atoms with Gasteiger partial charge in [0, 0.05) is 13.7 Å². The van der Waals surface area contributed by atoms with Crippen molar-refractivity contribution in [3.63, 3.8) is 0 Å². The van der Waals surface area contributed by atoms with Crippen LogP contribution in [0.2, 0.25) is 0 Å². The predicted octanol–water partition coefficient (Wildman–Crippen LogP) is 2.39. The van der Waals surface area contributed by atoms with Gasteiger partial charge >= 0.3 is 0 Å². The number of aliphatic imine (C=N–C) groups is 1. The van der Waals surface area contributed by atoms with E-state index in [2.05, 4.69) is 41.6 Å². The Kier molecular flexibility index (Phi) is 9.07. The average Bonchev–Trinajstić information content (AvgIpc) is 2.52. The zero-order valence-corrected chi connectivity index (χ0v) is 14.2. The molecule has 0 atom stereocenters. The standard InChI is InChI=1S/C17H29N3O2/c1-5-18-17(19-10-12-21-4)20-11-13-22-16-8-6-15(7-9-16)14(2)3/h6-9,14H,5,10-13H2,1-4H3,(H2,18,19,20). The molecule has 0 saturated carbocycles. The lowest BCUT2D eigenvalue weighted by Crippen LogP contribution is -2.39. The fourth-order valence-corrected chi connectivity index (χ4v) is 1.88. The van der Waals surface area contributed by atoms with Crippen molar-refractivity contribution in [1.29, 1.82) is 0 Å². The zero-order valence-electron chi connectivity index (χ0n) is 14.2. The first-order chi connectivity index (χ1) is 10.7. The second kappa shape index (κ2) is 10.9. The minimum atomic E-state index is 0.543. The van der Waals surface area contributed by atoms with E-state index in [-0.39, 0.29) is 0 Å². The van der Waals surface area contributed by atoms with Gasteiger partial charge in [-0.3, -0.25) is 4.99 Å². The lowest BCUT2D eigenvalue weighted by Gasteiger charge is -2.12. The summed E-state index contributed by atoms with van der Waals surface area (Å²) in [6.45, 7) is 9.80. The normalized spacial score (nSPS) is 11.6. The van der Waals surface area contributed by atoms with Gasteiger partial charge in [0.25, 0.3) is 0 Å². The summed E-state index contributed by atoms with van der Waals surface area (Å²) in [5, 5.41) is 6.43. The summed E-state index contributed by atoms with van der Waals surface area (Å²) in [4.78, 5) is 4.39. The Labute approximate surface area is 134 Å². The molecule has 0 aliphatic rings. The maximum absolute atomic E-state index is 5.72. The van der Waals surface area contributed by atoms with Crippen LogP contribution in [0, 0.1) is 0 Å². The molecule has 0 aliphatic heterocycles. The van der Waals surface area contributed by atoms with Crippen LogP contribution in [0.4, 0.5) is 0 Å². The SMILES string of the molecule is CCNC(=NCCOC)NCCOc1ccc(C(C)C)cc1. The van der Waals surface area contributed by atoms with Crippen LogP contribution in [0.5, 0.6) is 5.75 Å². The van der Waals surface area contributed by atoms with Crippen LogP contribution in [0.15, 0.2) is 29.3 Å². The molecule has 0 aliphatic carbocycles. The van der Waals surface area contributed by atoms with Gasteiger partial charge in [0.05, 0.1) is 19.7 Å². The second-order valence-corrected chi connectivity index (χ2v) is 5.25. The van der Waals surface area contributed by atoms with Gasteiger partial charge in [0.2, 0.25) is 0 Å². The van der Waals surface area contributed by atoms with Gasteiger partial charge in [-0.25, -0.2) is 0 Å². The predicted molar refractivity (Wildman–Crippen MR) is 91.9 cm³/mol. The van der Waals surface area contributed by atoms with Crippen molar-refractivity contribution in [2.75, 3.05) is 40.0 Å². The highest BCUT2D eigenvalue weighted by Crippen LogP contribution is 2.18. The summed E-state index contributed by atoms with van der Waals surface area (Å²) < 4.78 is 10.7. The summed E-state index contributed by atoms with van der Waals surface area (Å²) in [7, 11) is 1.67. The minimum Gasteiger partial charge on any atom is -0.492 e. The van der Waals surface area contributed by atoms with E-state index in [1.807, 2.05) is 19.1 Å². The molecule has 0 fully saturated rings. The number of rotatable bonds is 9. The molecule has 2 N–H and O–H groups in total. The lowest BCUT2D eigenvalue weighted by atomic mass is 10.0. The topological polar surface area (TPSA) is 54.9 Å². The van der Waals surface area contributed by atoms with E-state index in [4.69, 9.17) is 9.47 Å². The first-order valence-electron chi connectivity index (χ1n) is 7.91. The molecule has 0 unspecified atom stereocenters. The number of hydrogen-bond acceptors (Lipinski definition) is 3. The van der Waals surface area contributed by atoms with Gasteiger partial charge in [-0.05, 0) is 30.5 Å². The van der Waals surface area contributed by atoms with Gasteiger partial charge < -0.3 is 20.1 Å². The molecule has 0 radical (unpaired) electrons. The van der Waals surface area contributed by atoms with Crippen LogP contribution < -0.4 is 15.4 Å². The van der Waals surface area contributed by atoms with E-state index >= 15 is 0 Å². The number of methoxy groups -OCH3 is 1. The fraction of sp³-hybridized carbons (Fsp3) is 0.588. The van der Waals surface area contributed by atoms with E-state index < -0.39 is 0 Å². The number of hydrogen-bond donors (Lipinski definition) is 2.